The Bertz CT molecular complexity index is 1390. The Morgan fingerprint density at radius 2 is 1.59 bits per heavy atom. The van der Waals surface area contributed by atoms with Crippen LogP contribution in [0.1, 0.15) is 101 Å². The van der Waals surface area contributed by atoms with E-state index in [4.69, 9.17) is 0 Å². The van der Waals surface area contributed by atoms with E-state index in [1.54, 1.807) is 0 Å². The van der Waals surface area contributed by atoms with E-state index >= 15 is 0 Å². The van der Waals surface area contributed by atoms with Crippen molar-refractivity contribution in [3.05, 3.63) is 24.3 Å². The number of carbonyl (C=O) groups is 7. The molecule has 7 amide bonds. The molecule has 0 aromatic carbocycles. The molecule has 2 fully saturated rings. The summed E-state index contributed by atoms with van der Waals surface area (Å²) in [5.41, 5.74) is -0.283. The number of carbonyl (C=O) groups excluding carboxylic acids is 7. The van der Waals surface area contributed by atoms with Crippen LogP contribution in [0.3, 0.4) is 0 Å². The van der Waals surface area contributed by atoms with Gasteiger partial charge in [0.1, 0.15) is 12.1 Å². The fraction of sp³-hybridized carbons (Fsp3) is 0.711. The van der Waals surface area contributed by atoms with Gasteiger partial charge in [-0.1, -0.05) is 92.9 Å². The van der Waals surface area contributed by atoms with Crippen molar-refractivity contribution in [3.8, 4) is 0 Å². The Morgan fingerprint density at radius 1 is 0.961 bits per heavy atom. The summed E-state index contributed by atoms with van der Waals surface area (Å²) in [6.07, 6.45) is 6.20. The predicted octanol–water partition coefficient (Wildman–Crippen LogP) is 3.24. The molecule has 51 heavy (non-hydrogen) atoms. The first-order chi connectivity index (χ1) is 23.7. The number of piperidine rings is 1. The van der Waals surface area contributed by atoms with Gasteiger partial charge in [-0.3, -0.25) is 33.7 Å². The van der Waals surface area contributed by atoms with Gasteiger partial charge in [-0.05, 0) is 29.6 Å². The van der Waals surface area contributed by atoms with E-state index in [9.17, 15) is 33.6 Å². The first kappa shape index (κ1) is 41.4. The van der Waals surface area contributed by atoms with Crippen LogP contribution in [0.25, 0.3) is 0 Å². The van der Waals surface area contributed by atoms with Crippen LogP contribution in [0.2, 0.25) is 0 Å². The Hall–Kier alpha value is -4.03. The maximum absolute atomic E-state index is 14.6. The van der Waals surface area contributed by atoms with Crippen molar-refractivity contribution in [1.82, 2.24) is 31.1 Å². The Kier molecular flexibility index (Phi) is 13.8. The lowest BCUT2D eigenvalue weighted by Crippen LogP contribution is -2.62. The van der Waals surface area contributed by atoms with E-state index < -0.39 is 64.5 Å². The molecule has 2 heterocycles. The van der Waals surface area contributed by atoms with Crippen molar-refractivity contribution < 1.29 is 33.6 Å². The molecule has 3 aliphatic rings. The van der Waals surface area contributed by atoms with Gasteiger partial charge in [-0.15, -0.1) is 6.58 Å². The monoisotopic (exact) mass is 712 g/mol. The topological polar surface area (TPSA) is 174 Å². The summed E-state index contributed by atoms with van der Waals surface area (Å²) in [6.45, 7) is 21.1. The molecule has 13 nitrogen and oxygen atoms in total. The molecular formula is C38H60N6O7. The molecule has 6 atom stereocenters. The average molecular weight is 713 g/mol. The van der Waals surface area contributed by atoms with Crippen LogP contribution in [0, 0.1) is 28.6 Å². The molecule has 1 aliphatic carbocycles. The molecule has 0 spiro atoms. The number of unbranched alkanes of at least 4 members (excludes halogenated alkanes) is 1. The third-order valence-corrected chi connectivity index (χ3v) is 10.2. The van der Waals surface area contributed by atoms with E-state index in [1.807, 2.05) is 62.3 Å². The van der Waals surface area contributed by atoms with Gasteiger partial charge >= 0.3 is 6.03 Å². The molecule has 2 saturated heterocycles. The molecule has 13 heteroatoms. The summed E-state index contributed by atoms with van der Waals surface area (Å²) in [5.74, 6) is -3.32. The first-order valence-electron chi connectivity index (χ1n) is 18.4. The first-order valence-corrected chi connectivity index (χ1v) is 18.4. The number of ketones is 1. The standard InChI is InChI=1S/C38H60N6O7/c1-11-13-15-25(31(47)34(49)39-18-12-2)40-33(48)30-29-23(19-24(29)22(3)4)20-44(30)35(50)32(38(8,9)10)42-36(51)41-26(37(5,6)7)21-43-27(45)16-14-17-28(43)46/h12,19,22-23,25-26,29-30,32H,2,11,13-18,20-21H2,1,3-10H3,(H,39,49)(H,40,48)(H2,41,42,51)/t23-,25?,26+,29+,30-,32+/m0/s1. The van der Waals surface area contributed by atoms with Gasteiger partial charge in [-0.2, -0.15) is 0 Å². The number of fused-ring (bicyclic) bond motifs is 1. The van der Waals surface area contributed by atoms with Crippen LogP contribution in [0.15, 0.2) is 24.3 Å². The number of imide groups is 1. The zero-order valence-corrected chi connectivity index (χ0v) is 32.0. The number of likely N-dealkylation sites (tertiary alicyclic amines) is 2. The summed E-state index contributed by atoms with van der Waals surface area (Å²) in [6, 6.07) is -4.33. The molecule has 0 radical (unpaired) electrons. The highest BCUT2D eigenvalue weighted by molar-refractivity contribution is 6.38. The minimum Gasteiger partial charge on any atom is -0.346 e. The second kappa shape index (κ2) is 17.0. The molecule has 1 unspecified atom stereocenters. The molecule has 284 valence electrons. The maximum atomic E-state index is 14.6. The van der Waals surface area contributed by atoms with Crippen molar-refractivity contribution in [3.63, 3.8) is 0 Å². The van der Waals surface area contributed by atoms with Crippen molar-refractivity contribution >= 4 is 41.4 Å². The SMILES string of the molecule is C=CCNC(=O)C(=O)C(CCCC)NC(=O)[C@@H]1[C@H]2C(C(C)C)=C[C@H]2CN1C(=O)[C@@H](NC(=O)N[C@H](CN1C(=O)CCCC1=O)C(C)(C)C)C(C)(C)C. The van der Waals surface area contributed by atoms with Gasteiger partial charge in [0.05, 0.1) is 12.1 Å². The smallest absolute Gasteiger partial charge is 0.315 e. The highest BCUT2D eigenvalue weighted by atomic mass is 16.2. The number of hydrogen-bond donors (Lipinski definition) is 4. The van der Waals surface area contributed by atoms with E-state index in [-0.39, 0.29) is 68.5 Å². The normalized spacial score (nSPS) is 22.2. The molecule has 0 aromatic heterocycles. The summed E-state index contributed by atoms with van der Waals surface area (Å²) in [4.78, 5) is 96.2. The quantitative estimate of drug-likeness (QED) is 0.115. The summed E-state index contributed by atoms with van der Waals surface area (Å²) in [7, 11) is 0. The molecule has 0 aromatic rings. The highest BCUT2D eigenvalue weighted by Gasteiger charge is 2.55. The van der Waals surface area contributed by atoms with E-state index in [0.717, 1.165) is 12.0 Å². The zero-order chi connectivity index (χ0) is 38.4. The van der Waals surface area contributed by atoms with Gasteiger partial charge in [0.25, 0.3) is 5.91 Å². The number of nitrogens with one attached hydrogen (secondary N) is 4. The van der Waals surface area contributed by atoms with Crippen LogP contribution in [0.4, 0.5) is 4.79 Å². The van der Waals surface area contributed by atoms with Crippen LogP contribution in [-0.2, 0) is 28.8 Å². The zero-order valence-electron chi connectivity index (χ0n) is 32.0. The van der Waals surface area contributed by atoms with Crippen molar-refractivity contribution in [2.24, 2.45) is 28.6 Å². The van der Waals surface area contributed by atoms with Gasteiger partial charge < -0.3 is 26.2 Å². The van der Waals surface area contributed by atoms with Crippen LogP contribution < -0.4 is 21.3 Å². The largest absolute Gasteiger partial charge is 0.346 e. The number of nitrogens with zero attached hydrogens (tertiary/aromatic N) is 2. The van der Waals surface area contributed by atoms with Gasteiger partial charge in [-0.25, -0.2) is 4.79 Å². The van der Waals surface area contributed by atoms with Gasteiger partial charge in [0.15, 0.2) is 0 Å². The van der Waals surface area contributed by atoms with E-state index in [0.29, 0.717) is 12.8 Å². The van der Waals surface area contributed by atoms with Crippen LogP contribution in [0.5, 0.6) is 0 Å². The van der Waals surface area contributed by atoms with Crippen LogP contribution >= 0.6 is 0 Å². The summed E-state index contributed by atoms with van der Waals surface area (Å²) >= 11 is 0. The maximum Gasteiger partial charge on any atom is 0.315 e. The number of Topliss-reactive ketones (excluding diaryl/α,β-unsaturated/α-hetero) is 1. The number of urea groups is 1. The lowest BCUT2D eigenvalue weighted by atomic mass is 9.69. The van der Waals surface area contributed by atoms with Gasteiger partial charge in [0.2, 0.25) is 29.4 Å². The fourth-order valence-corrected chi connectivity index (χ4v) is 7.03. The number of amides is 7. The van der Waals surface area contributed by atoms with E-state index in [2.05, 4.69) is 33.9 Å². The number of rotatable bonds is 15. The minimum absolute atomic E-state index is 0.00757. The summed E-state index contributed by atoms with van der Waals surface area (Å²) < 4.78 is 0. The lowest BCUT2D eigenvalue weighted by Gasteiger charge is -2.39. The van der Waals surface area contributed by atoms with Gasteiger partial charge in [0, 0.05) is 44.3 Å². The highest BCUT2D eigenvalue weighted by Crippen LogP contribution is 2.48. The fourth-order valence-electron chi connectivity index (χ4n) is 7.03. The van der Waals surface area contributed by atoms with Crippen molar-refractivity contribution in [2.45, 2.75) is 125 Å². The van der Waals surface area contributed by atoms with Crippen molar-refractivity contribution in [1.29, 1.82) is 0 Å². The second-order valence-corrected chi connectivity index (χ2v) is 16.6. The molecular weight excluding hydrogens is 652 g/mol. The van der Waals surface area contributed by atoms with Crippen LogP contribution in [-0.4, -0.2) is 95.0 Å². The third-order valence-electron chi connectivity index (χ3n) is 10.2. The summed E-state index contributed by atoms with van der Waals surface area (Å²) in [5, 5.41) is 11.1. The second-order valence-electron chi connectivity index (χ2n) is 16.6. The molecule has 0 bridgehead atoms. The Morgan fingerprint density at radius 3 is 2.12 bits per heavy atom. The predicted molar refractivity (Wildman–Crippen MR) is 194 cm³/mol. The molecule has 3 rings (SSSR count). The molecule has 4 N–H and O–H groups in total. The molecule has 2 aliphatic heterocycles. The Balaban J connectivity index is 1.88. The van der Waals surface area contributed by atoms with Crippen molar-refractivity contribution in [2.75, 3.05) is 19.6 Å². The average Bonchev–Trinajstić information content (AvgIpc) is 3.31. The lowest BCUT2D eigenvalue weighted by molar-refractivity contribution is -0.148. The third kappa shape index (κ3) is 10.1. The minimum atomic E-state index is -1.07. The Labute approximate surface area is 303 Å². The molecule has 0 saturated carbocycles. The van der Waals surface area contributed by atoms with E-state index in [1.165, 1.54) is 15.9 Å². The number of hydrogen-bond acceptors (Lipinski definition) is 7.